The average Bonchev–Trinajstić information content (AvgIpc) is 2.94. The zero-order valence-electron chi connectivity index (χ0n) is 13.0. The minimum Gasteiger partial charge on any atom is -0.495 e. The summed E-state index contributed by atoms with van der Waals surface area (Å²) in [7, 11) is 1.57. The Kier molecular flexibility index (Phi) is 7.01. The van der Waals surface area contributed by atoms with Gasteiger partial charge in [0, 0.05) is 16.0 Å². The Hall–Kier alpha value is -1.64. The van der Waals surface area contributed by atoms with E-state index in [4.69, 9.17) is 21.1 Å². The first kappa shape index (κ1) is 18.7. The number of nitrogens with one attached hydrogen (secondary N) is 1. The van der Waals surface area contributed by atoms with E-state index < -0.39 is 0 Å². The second-order valence-electron chi connectivity index (χ2n) is 4.51. The molecule has 0 aliphatic rings. The van der Waals surface area contributed by atoms with Gasteiger partial charge in [-0.3, -0.25) is 10.2 Å². The largest absolute Gasteiger partial charge is 0.495 e. The summed E-state index contributed by atoms with van der Waals surface area (Å²) in [6, 6.07) is 3.48. The Morgan fingerprint density at radius 3 is 3.04 bits per heavy atom. The fourth-order valence-electron chi connectivity index (χ4n) is 1.85. The van der Waals surface area contributed by atoms with E-state index in [-0.39, 0.29) is 12.4 Å². The summed E-state index contributed by atoms with van der Waals surface area (Å²) in [6.45, 7) is 2.12. The summed E-state index contributed by atoms with van der Waals surface area (Å²) >= 11 is 10.8. The van der Waals surface area contributed by atoms with Crippen LogP contribution in [0.3, 0.4) is 0 Å². The average molecular weight is 433 g/mol. The molecular weight excluding hydrogens is 418 g/mol. The van der Waals surface area contributed by atoms with E-state index in [9.17, 15) is 4.79 Å². The number of methoxy groups -OCH3 is 1. The van der Waals surface area contributed by atoms with Gasteiger partial charge in [-0.1, -0.05) is 11.6 Å². The van der Waals surface area contributed by atoms with E-state index >= 15 is 0 Å². The highest BCUT2D eigenvalue weighted by atomic mass is 79.9. The number of rotatable bonds is 7. The number of ether oxygens (including phenoxy) is 2. The van der Waals surface area contributed by atoms with Crippen molar-refractivity contribution in [1.82, 2.24) is 4.98 Å². The molecule has 9 heteroatoms. The van der Waals surface area contributed by atoms with Crippen LogP contribution in [0.5, 0.6) is 5.75 Å². The lowest BCUT2D eigenvalue weighted by Gasteiger charge is -2.07. The van der Waals surface area contributed by atoms with Gasteiger partial charge in [0.15, 0.2) is 0 Å². The van der Waals surface area contributed by atoms with Gasteiger partial charge in [-0.15, -0.1) is 11.3 Å². The van der Waals surface area contributed by atoms with Crippen molar-refractivity contribution in [3.63, 3.8) is 0 Å². The van der Waals surface area contributed by atoms with Crippen molar-refractivity contribution in [2.45, 2.75) is 13.3 Å². The van der Waals surface area contributed by atoms with Crippen LogP contribution in [0.25, 0.3) is 0 Å². The number of halogens is 2. The SMILES string of the molecule is CCOC(=O)Cc1csc(NN=Cc2cc(Cl)cc(Br)c2OC)n1. The minimum atomic E-state index is -0.300. The van der Waals surface area contributed by atoms with Gasteiger partial charge in [0.2, 0.25) is 5.13 Å². The van der Waals surface area contributed by atoms with Crippen molar-refractivity contribution in [2.24, 2.45) is 5.10 Å². The number of hydrazone groups is 1. The number of anilines is 1. The Labute approximate surface area is 157 Å². The number of benzene rings is 1. The van der Waals surface area contributed by atoms with Gasteiger partial charge in [0.05, 0.1) is 36.5 Å². The summed E-state index contributed by atoms with van der Waals surface area (Å²) in [4.78, 5) is 15.7. The first-order valence-electron chi connectivity index (χ1n) is 6.95. The van der Waals surface area contributed by atoms with Crippen LogP contribution in [0.15, 0.2) is 27.1 Å². The quantitative estimate of drug-likeness (QED) is 0.405. The smallest absolute Gasteiger partial charge is 0.311 e. The van der Waals surface area contributed by atoms with Crippen LogP contribution < -0.4 is 10.2 Å². The van der Waals surface area contributed by atoms with E-state index in [0.717, 1.165) is 4.47 Å². The standard InChI is InChI=1S/C15H15BrClN3O3S/c1-3-23-13(21)6-11-8-24-15(19-11)20-18-7-9-4-10(17)5-12(16)14(9)22-2/h4-5,7-8H,3,6H2,1-2H3,(H,19,20). The molecule has 1 N–H and O–H groups in total. The minimum absolute atomic E-state index is 0.144. The number of esters is 1. The number of thiazole rings is 1. The second-order valence-corrected chi connectivity index (χ2v) is 6.65. The molecular formula is C15H15BrClN3O3S. The number of nitrogens with zero attached hydrogens (tertiary/aromatic N) is 2. The first-order chi connectivity index (χ1) is 11.5. The van der Waals surface area contributed by atoms with E-state index in [1.807, 2.05) is 0 Å². The molecule has 0 fully saturated rings. The van der Waals surface area contributed by atoms with Gasteiger partial charge in [-0.25, -0.2) is 4.98 Å². The maximum atomic E-state index is 11.4. The van der Waals surface area contributed by atoms with Gasteiger partial charge in [0.1, 0.15) is 5.75 Å². The fraction of sp³-hybridized carbons (Fsp3) is 0.267. The lowest BCUT2D eigenvalue weighted by Crippen LogP contribution is -2.07. The third-order valence-corrected chi connectivity index (χ3v) is 4.39. The van der Waals surface area contributed by atoms with Crippen LogP contribution >= 0.6 is 38.9 Å². The van der Waals surface area contributed by atoms with Gasteiger partial charge in [-0.05, 0) is 35.0 Å². The molecule has 1 heterocycles. The lowest BCUT2D eigenvalue weighted by atomic mass is 10.2. The zero-order valence-corrected chi connectivity index (χ0v) is 16.2. The maximum Gasteiger partial charge on any atom is 0.311 e. The molecule has 1 aromatic heterocycles. The molecule has 2 rings (SSSR count). The highest BCUT2D eigenvalue weighted by Gasteiger charge is 2.09. The van der Waals surface area contributed by atoms with Crippen LogP contribution in [0.4, 0.5) is 5.13 Å². The number of hydrogen-bond donors (Lipinski definition) is 1. The maximum absolute atomic E-state index is 11.4. The highest BCUT2D eigenvalue weighted by Crippen LogP contribution is 2.31. The highest BCUT2D eigenvalue weighted by molar-refractivity contribution is 9.10. The zero-order chi connectivity index (χ0) is 17.5. The molecule has 128 valence electrons. The van der Waals surface area contributed by atoms with Crippen molar-refractivity contribution in [2.75, 3.05) is 19.1 Å². The molecule has 6 nitrogen and oxygen atoms in total. The molecule has 24 heavy (non-hydrogen) atoms. The second kappa shape index (κ2) is 9.00. The molecule has 0 saturated heterocycles. The van der Waals surface area contributed by atoms with Crippen LogP contribution in [0, 0.1) is 0 Å². The summed E-state index contributed by atoms with van der Waals surface area (Å²) in [5.41, 5.74) is 4.17. The van der Waals surface area contributed by atoms with Crippen molar-refractivity contribution < 1.29 is 14.3 Å². The molecule has 0 saturated carbocycles. The Morgan fingerprint density at radius 2 is 2.33 bits per heavy atom. The summed E-state index contributed by atoms with van der Waals surface area (Å²) in [6.07, 6.45) is 1.73. The Bertz CT molecular complexity index is 752. The monoisotopic (exact) mass is 431 g/mol. The van der Waals surface area contributed by atoms with E-state index in [0.29, 0.717) is 33.8 Å². The fourth-order valence-corrected chi connectivity index (χ4v) is 3.50. The molecule has 0 aliphatic carbocycles. The summed E-state index contributed by atoms with van der Waals surface area (Å²) < 4.78 is 10.9. The number of carbonyl (C=O) groups is 1. The number of carbonyl (C=O) groups excluding carboxylic acids is 1. The third kappa shape index (κ3) is 5.19. The van der Waals surface area contributed by atoms with Crippen LogP contribution in [-0.2, 0) is 16.0 Å². The first-order valence-corrected chi connectivity index (χ1v) is 9.00. The van der Waals surface area contributed by atoms with Crippen molar-refractivity contribution in [3.8, 4) is 5.75 Å². The van der Waals surface area contributed by atoms with E-state index in [2.05, 4.69) is 31.4 Å². The summed E-state index contributed by atoms with van der Waals surface area (Å²) in [5, 5.41) is 7.05. The summed E-state index contributed by atoms with van der Waals surface area (Å²) in [5.74, 6) is 0.332. The van der Waals surface area contributed by atoms with Crippen LogP contribution in [0.2, 0.25) is 5.02 Å². The molecule has 0 amide bonds. The van der Waals surface area contributed by atoms with Gasteiger partial charge in [-0.2, -0.15) is 5.10 Å². The molecule has 0 unspecified atom stereocenters. The number of aromatic nitrogens is 1. The Morgan fingerprint density at radius 1 is 1.54 bits per heavy atom. The van der Waals surface area contributed by atoms with E-state index in [1.165, 1.54) is 11.3 Å². The van der Waals surface area contributed by atoms with Crippen molar-refractivity contribution in [3.05, 3.63) is 38.3 Å². The van der Waals surface area contributed by atoms with Crippen molar-refractivity contribution in [1.29, 1.82) is 0 Å². The molecule has 0 bridgehead atoms. The van der Waals surface area contributed by atoms with Gasteiger partial charge in [0.25, 0.3) is 0 Å². The predicted molar refractivity (Wildman–Crippen MR) is 99.4 cm³/mol. The Balaban J connectivity index is 2.02. The predicted octanol–water partition coefficient (Wildman–Crippen LogP) is 4.12. The molecule has 0 aliphatic heterocycles. The van der Waals surface area contributed by atoms with E-state index in [1.54, 1.807) is 37.8 Å². The molecule has 1 aromatic carbocycles. The number of hydrogen-bond acceptors (Lipinski definition) is 7. The van der Waals surface area contributed by atoms with Crippen molar-refractivity contribution >= 4 is 56.2 Å². The topological polar surface area (TPSA) is 72.8 Å². The van der Waals surface area contributed by atoms with Crippen LogP contribution in [0.1, 0.15) is 18.2 Å². The molecule has 0 atom stereocenters. The third-order valence-electron chi connectivity index (χ3n) is 2.79. The lowest BCUT2D eigenvalue weighted by molar-refractivity contribution is -0.142. The molecule has 0 radical (unpaired) electrons. The normalized spacial score (nSPS) is 10.8. The molecule has 0 spiro atoms. The van der Waals surface area contributed by atoms with Gasteiger partial charge < -0.3 is 9.47 Å². The van der Waals surface area contributed by atoms with Gasteiger partial charge >= 0.3 is 5.97 Å². The van der Waals surface area contributed by atoms with Crippen LogP contribution in [-0.4, -0.2) is 30.9 Å². The molecule has 2 aromatic rings.